The van der Waals surface area contributed by atoms with Gasteiger partial charge in [-0.05, 0) is 38.8 Å². The molecule has 1 N–H and O–H groups in total. The van der Waals surface area contributed by atoms with E-state index in [1.54, 1.807) is 0 Å². The lowest BCUT2D eigenvalue weighted by molar-refractivity contribution is 0.402. The van der Waals surface area contributed by atoms with E-state index in [1.165, 1.54) is 25.0 Å². The largest absolute Gasteiger partial charge is 0.319 e. The Hall–Kier alpha value is -0.960. The molecule has 100 valence electrons. The van der Waals surface area contributed by atoms with E-state index in [0.29, 0.717) is 17.8 Å². The van der Waals surface area contributed by atoms with Crippen molar-refractivity contribution in [3.8, 4) is 0 Å². The smallest absolute Gasteiger partial charge is 0.133 e. The van der Waals surface area contributed by atoms with Gasteiger partial charge in [0.25, 0.3) is 0 Å². The molecule has 1 fully saturated rings. The van der Waals surface area contributed by atoms with E-state index in [9.17, 15) is 0 Å². The summed E-state index contributed by atoms with van der Waals surface area (Å²) in [6, 6.07) is 2.17. The number of aromatic nitrogens is 2. The van der Waals surface area contributed by atoms with Crippen molar-refractivity contribution in [3.05, 3.63) is 23.3 Å². The lowest BCUT2D eigenvalue weighted by atomic mass is 9.82. The van der Waals surface area contributed by atoms with Crippen molar-refractivity contribution in [1.29, 1.82) is 0 Å². The lowest BCUT2D eigenvalue weighted by Crippen LogP contribution is -2.24. The van der Waals surface area contributed by atoms with Crippen LogP contribution in [0.25, 0.3) is 0 Å². The molecule has 2 rings (SSSR count). The van der Waals surface area contributed by atoms with Crippen LogP contribution in [0.1, 0.15) is 62.2 Å². The van der Waals surface area contributed by atoms with Crippen molar-refractivity contribution in [1.82, 2.24) is 15.3 Å². The van der Waals surface area contributed by atoms with Gasteiger partial charge in [0.1, 0.15) is 5.82 Å². The molecule has 3 heteroatoms. The summed E-state index contributed by atoms with van der Waals surface area (Å²) in [6.45, 7) is 7.53. The molecule has 1 aliphatic rings. The minimum absolute atomic E-state index is 0.411. The second-order valence-corrected chi connectivity index (χ2v) is 5.83. The molecule has 1 atom stereocenters. The molecule has 0 spiro atoms. The molecule has 18 heavy (non-hydrogen) atoms. The fourth-order valence-corrected chi connectivity index (χ4v) is 2.54. The summed E-state index contributed by atoms with van der Waals surface area (Å²) >= 11 is 0. The van der Waals surface area contributed by atoms with Crippen LogP contribution in [0.5, 0.6) is 0 Å². The molecule has 0 aliphatic heterocycles. The zero-order valence-corrected chi connectivity index (χ0v) is 12.0. The number of hydrogen-bond donors (Lipinski definition) is 1. The van der Waals surface area contributed by atoms with E-state index in [1.807, 2.05) is 7.05 Å². The van der Waals surface area contributed by atoms with Crippen LogP contribution >= 0.6 is 0 Å². The first-order valence-electron chi connectivity index (χ1n) is 7.12. The van der Waals surface area contributed by atoms with Gasteiger partial charge in [-0.1, -0.05) is 20.3 Å². The summed E-state index contributed by atoms with van der Waals surface area (Å²) in [7, 11) is 2.00. The molecular formula is C15H25N3. The SMILES string of the molecule is CNCC(c1nc(C)cc(C2CCC2)n1)C(C)C. The van der Waals surface area contributed by atoms with Crippen LogP contribution in [0.4, 0.5) is 0 Å². The number of likely N-dealkylation sites (N-methyl/N-ethyl adjacent to an activating group) is 1. The molecule has 0 saturated heterocycles. The first kappa shape index (κ1) is 13.5. The van der Waals surface area contributed by atoms with Crippen LogP contribution in [0.15, 0.2) is 6.07 Å². The molecule has 1 saturated carbocycles. The Balaban J connectivity index is 2.27. The highest BCUT2D eigenvalue weighted by Crippen LogP contribution is 2.36. The Morgan fingerprint density at radius 1 is 1.33 bits per heavy atom. The number of rotatable bonds is 5. The second kappa shape index (κ2) is 5.79. The molecule has 0 amide bonds. The number of aryl methyl sites for hydroxylation is 1. The van der Waals surface area contributed by atoms with Crippen LogP contribution in [0, 0.1) is 12.8 Å². The molecular weight excluding hydrogens is 222 g/mol. The standard InChI is InChI=1S/C15H25N3/c1-10(2)13(9-16-4)15-17-11(3)8-14(18-15)12-6-5-7-12/h8,10,12-13,16H,5-7,9H2,1-4H3. The summed E-state index contributed by atoms with van der Waals surface area (Å²) in [5.41, 5.74) is 2.38. The van der Waals surface area contributed by atoms with Crippen LogP contribution in [0.2, 0.25) is 0 Å². The molecule has 1 aromatic rings. The summed E-state index contributed by atoms with van der Waals surface area (Å²) in [5, 5.41) is 3.26. The Kier molecular flexibility index (Phi) is 4.33. The molecule has 0 aromatic carbocycles. The third kappa shape index (κ3) is 2.89. The zero-order chi connectivity index (χ0) is 13.1. The fourth-order valence-electron chi connectivity index (χ4n) is 2.54. The van der Waals surface area contributed by atoms with E-state index in [-0.39, 0.29) is 0 Å². The van der Waals surface area contributed by atoms with Gasteiger partial charge in [-0.15, -0.1) is 0 Å². The van der Waals surface area contributed by atoms with E-state index < -0.39 is 0 Å². The topological polar surface area (TPSA) is 37.8 Å². The maximum absolute atomic E-state index is 4.84. The van der Waals surface area contributed by atoms with Crippen molar-refractivity contribution < 1.29 is 0 Å². The van der Waals surface area contributed by atoms with Gasteiger partial charge in [-0.2, -0.15) is 0 Å². The van der Waals surface area contributed by atoms with E-state index in [4.69, 9.17) is 4.98 Å². The van der Waals surface area contributed by atoms with Gasteiger partial charge in [0.15, 0.2) is 0 Å². The summed E-state index contributed by atoms with van der Waals surface area (Å²) < 4.78 is 0. The van der Waals surface area contributed by atoms with Crippen molar-refractivity contribution >= 4 is 0 Å². The predicted molar refractivity (Wildman–Crippen MR) is 74.9 cm³/mol. The minimum Gasteiger partial charge on any atom is -0.319 e. The maximum atomic E-state index is 4.84. The predicted octanol–water partition coefficient (Wildman–Crippen LogP) is 3.01. The maximum Gasteiger partial charge on any atom is 0.133 e. The van der Waals surface area contributed by atoms with E-state index >= 15 is 0 Å². The number of hydrogen-bond acceptors (Lipinski definition) is 3. The molecule has 3 nitrogen and oxygen atoms in total. The van der Waals surface area contributed by atoms with Crippen LogP contribution in [-0.4, -0.2) is 23.6 Å². The van der Waals surface area contributed by atoms with Crippen molar-refractivity contribution in [2.45, 2.75) is 51.9 Å². The molecule has 1 unspecified atom stereocenters. The van der Waals surface area contributed by atoms with Crippen molar-refractivity contribution in [3.63, 3.8) is 0 Å². The third-order valence-corrected chi connectivity index (χ3v) is 3.98. The Morgan fingerprint density at radius 3 is 2.56 bits per heavy atom. The Bertz CT molecular complexity index is 397. The second-order valence-electron chi connectivity index (χ2n) is 5.83. The lowest BCUT2D eigenvalue weighted by Gasteiger charge is -2.27. The van der Waals surface area contributed by atoms with Crippen molar-refractivity contribution in [2.24, 2.45) is 5.92 Å². The normalized spacial score (nSPS) is 17.8. The highest BCUT2D eigenvalue weighted by molar-refractivity contribution is 5.18. The Morgan fingerprint density at radius 2 is 2.06 bits per heavy atom. The van der Waals surface area contributed by atoms with Crippen LogP contribution in [0.3, 0.4) is 0 Å². The number of nitrogens with one attached hydrogen (secondary N) is 1. The first-order chi connectivity index (χ1) is 8.61. The highest BCUT2D eigenvalue weighted by atomic mass is 14.9. The average Bonchev–Trinajstić information content (AvgIpc) is 2.22. The van der Waals surface area contributed by atoms with Gasteiger partial charge in [0.05, 0.1) is 0 Å². The summed E-state index contributed by atoms with van der Waals surface area (Å²) in [5.74, 6) is 2.69. The minimum atomic E-state index is 0.411. The summed E-state index contributed by atoms with van der Waals surface area (Å²) in [6.07, 6.45) is 3.95. The van der Waals surface area contributed by atoms with Gasteiger partial charge >= 0.3 is 0 Å². The number of nitrogens with zero attached hydrogens (tertiary/aromatic N) is 2. The van der Waals surface area contributed by atoms with E-state index in [2.05, 4.69) is 37.1 Å². The quantitative estimate of drug-likeness (QED) is 0.869. The van der Waals surface area contributed by atoms with E-state index in [0.717, 1.165) is 18.1 Å². The first-order valence-corrected chi connectivity index (χ1v) is 7.12. The van der Waals surface area contributed by atoms with Crippen molar-refractivity contribution in [2.75, 3.05) is 13.6 Å². The van der Waals surface area contributed by atoms with Crippen LogP contribution in [-0.2, 0) is 0 Å². The molecule has 0 radical (unpaired) electrons. The third-order valence-electron chi connectivity index (χ3n) is 3.98. The molecule has 1 heterocycles. The average molecular weight is 247 g/mol. The zero-order valence-electron chi connectivity index (χ0n) is 12.0. The van der Waals surface area contributed by atoms with Gasteiger partial charge in [0, 0.05) is 29.8 Å². The van der Waals surface area contributed by atoms with Crippen LogP contribution < -0.4 is 5.32 Å². The Labute approximate surface area is 110 Å². The monoisotopic (exact) mass is 247 g/mol. The van der Waals surface area contributed by atoms with Gasteiger partial charge in [-0.3, -0.25) is 0 Å². The molecule has 1 aromatic heterocycles. The molecule has 0 bridgehead atoms. The van der Waals surface area contributed by atoms with Gasteiger partial charge in [0.2, 0.25) is 0 Å². The van der Waals surface area contributed by atoms with Gasteiger partial charge < -0.3 is 5.32 Å². The highest BCUT2D eigenvalue weighted by Gasteiger charge is 2.24. The summed E-state index contributed by atoms with van der Waals surface area (Å²) in [4.78, 5) is 9.51. The fraction of sp³-hybridized carbons (Fsp3) is 0.733. The molecule has 1 aliphatic carbocycles. The van der Waals surface area contributed by atoms with Gasteiger partial charge in [-0.25, -0.2) is 9.97 Å².